The molecule has 3 heteroatoms. The Hall–Kier alpha value is -1.48. The molecule has 14 heavy (non-hydrogen) atoms. The van der Waals surface area contributed by atoms with Gasteiger partial charge in [0.05, 0.1) is 0 Å². The predicted octanol–water partition coefficient (Wildman–Crippen LogP) is 2.28. The molecule has 0 amide bonds. The van der Waals surface area contributed by atoms with Crippen molar-refractivity contribution in [3.8, 4) is 5.75 Å². The lowest BCUT2D eigenvalue weighted by atomic mass is 10.0. The summed E-state index contributed by atoms with van der Waals surface area (Å²) in [6, 6.07) is 5.49. The normalized spacial score (nSPS) is 13.3. The Morgan fingerprint density at radius 1 is 1.50 bits per heavy atom. The van der Waals surface area contributed by atoms with Crippen molar-refractivity contribution in [2.45, 2.75) is 19.4 Å². The van der Waals surface area contributed by atoms with Crippen LogP contribution in [0.2, 0.25) is 0 Å². The van der Waals surface area contributed by atoms with Crippen LogP contribution in [0.15, 0.2) is 24.4 Å². The van der Waals surface area contributed by atoms with Crippen molar-refractivity contribution in [3.63, 3.8) is 0 Å². The molecule has 2 aromatic rings. The zero-order chi connectivity index (χ0) is 10.1. The Kier molecular flexibility index (Phi) is 2.17. The lowest BCUT2D eigenvalue weighted by molar-refractivity contribution is 0.461. The summed E-state index contributed by atoms with van der Waals surface area (Å²) in [5.41, 5.74) is 7.70. The summed E-state index contributed by atoms with van der Waals surface area (Å²) in [4.78, 5) is 3.10. The quantitative estimate of drug-likeness (QED) is 0.680. The number of hydrogen-bond acceptors (Lipinski definition) is 2. The zero-order valence-electron chi connectivity index (χ0n) is 8.12. The van der Waals surface area contributed by atoms with Crippen molar-refractivity contribution in [2.24, 2.45) is 5.73 Å². The summed E-state index contributed by atoms with van der Waals surface area (Å²) in [6.45, 7) is 2.00. The maximum atomic E-state index is 9.73. The Labute approximate surface area is 82.6 Å². The fourth-order valence-electron chi connectivity index (χ4n) is 1.62. The molecule has 0 saturated heterocycles. The Balaban J connectivity index is 2.58. The molecule has 0 fully saturated rings. The Bertz CT molecular complexity index is 447. The van der Waals surface area contributed by atoms with Crippen molar-refractivity contribution in [1.29, 1.82) is 0 Å². The maximum absolute atomic E-state index is 9.73. The van der Waals surface area contributed by atoms with Crippen LogP contribution in [0.25, 0.3) is 10.9 Å². The van der Waals surface area contributed by atoms with Crippen LogP contribution < -0.4 is 5.73 Å². The minimum absolute atomic E-state index is 0.0947. The van der Waals surface area contributed by atoms with Gasteiger partial charge in [-0.1, -0.05) is 6.92 Å². The number of fused-ring (bicyclic) bond motifs is 1. The number of nitrogens with one attached hydrogen (secondary N) is 1. The molecule has 0 aliphatic rings. The highest BCUT2D eigenvalue weighted by Crippen LogP contribution is 2.29. The monoisotopic (exact) mass is 190 g/mol. The van der Waals surface area contributed by atoms with Crippen molar-refractivity contribution in [3.05, 3.63) is 30.0 Å². The van der Waals surface area contributed by atoms with E-state index in [-0.39, 0.29) is 11.8 Å². The molecule has 74 valence electrons. The third-order valence-corrected chi connectivity index (χ3v) is 2.54. The van der Waals surface area contributed by atoms with E-state index in [2.05, 4.69) is 4.98 Å². The number of hydrogen-bond donors (Lipinski definition) is 3. The number of aromatic nitrogens is 1. The van der Waals surface area contributed by atoms with E-state index in [1.807, 2.05) is 25.3 Å². The van der Waals surface area contributed by atoms with Crippen LogP contribution in [0, 0.1) is 0 Å². The van der Waals surface area contributed by atoms with Gasteiger partial charge in [0.15, 0.2) is 0 Å². The zero-order valence-corrected chi connectivity index (χ0v) is 8.12. The van der Waals surface area contributed by atoms with E-state index in [9.17, 15) is 5.11 Å². The average Bonchev–Trinajstić information content (AvgIpc) is 2.62. The van der Waals surface area contributed by atoms with Gasteiger partial charge in [0.25, 0.3) is 0 Å². The summed E-state index contributed by atoms with van der Waals surface area (Å²) in [5.74, 6) is 0.284. The molecule has 2 rings (SSSR count). The van der Waals surface area contributed by atoms with Crippen molar-refractivity contribution in [2.75, 3.05) is 0 Å². The fourth-order valence-corrected chi connectivity index (χ4v) is 1.62. The third-order valence-electron chi connectivity index (χ3n) is 2.54. The van der Waals surface area contributed by atoms with Crippen LogP contribution in [0.5, 0.6) is 5.75 Å². The van der Waals surface area contributed by atoms with Gasteiger partial charge < -0.3 is 15.8 Å². The summed E-state index contributed by atoms with van der Waals surface area (Å²) in [6.07, 6.45) is 2.67. The maximum Gasteiger partial charge on any atom is 0.121 e. The predicted molar refractivity (Wildman–Crippen MR) is 57.2 cm³/mol. The molecule has 0 saturated carbocycles. The first-order valence-corrected chi connectivity index (χ1v) is 4.78. The number of aromatic hydroxyl groups is 1. The largest absolute Gasteiger partial charge is 0.508 e. The van der Waals surface area contributed by atoms with Crippen molar-refractivity contribution in [1.82, 2.24) is 4.98 Å². The van der Waals surface area contributed by atoms with E-state index < -0.39 is 0 Å². The molecule has 1 heterocycles. The number of nitrogens with two attached hydrogens (primary N) is 1. The van der Waals surface area contributed by atoms with Crippen LogP contribution in [0.1, 0.15) is 24.9 Å². The minimum atomic E-state index is -0.0947. The average molecular weight is 190 g/mol. The van der Waals surface area contributed by atoms with Gasteiger partial charge in [-0.05, 0) is 24.6 Å². The van der Waals surface area contributed by atoms with E-state index in [1.165, 1.54) is 0 Å². The van der Waals surface area contributed by atoms with E-state index in [4.69, 9.17) is 5.73 Å². The number of H-pyrrole nitrogens is 1. The van der Waals surface area contributed by atoms with Gasteiger partial charge in [-0.15, -0.1) is 0 Å². The second kappa shape index (κ2) is 3.35. The van der Waals surface area contributed by atoms with E-state index in [1.54, 1.807) is 6.07 Å². The summed E-state index contributed by atoms with van der Waals surface area (Å²) >= 11 is 0. The van der Waals surface area contributed by atoms with Gasteiger partial charge >= 0.3 is 0 Å². The minimum Gasteiger partial charge on any atom is -0.508 e. The van der Waals surface area contributed by atoms with Crippen molar-refractivity contribution >= 4 is 10.9 Å². The summed E-state index contributed by atoms with van der Waals surface area (Å²) in [5, 5.41) is 10.7. The molecule has 1 atom stereocenters. The molecule has 1 aromatic heterocycles. The topological polar surface area (TPSA) is 62.0 Å². The molecule has 3 nitrogen and oxygen atoms in total. The van der Waals surface area contributed by atoms with Crippen molar-refractivity contribution < 1.29 is 5.11 Å². The van der Waals surface area contributed by atoms with E-state index in [0.717, 1.165) is 22.9 Å². The first-order valence-electron chi connectivity index (χ1n) is 4.78. The number of phenolic OH excluding ortho intramolecular Hbond substituents is 1. The highest BCUT2D eigenvalue weighted by Gasteiger charge is 2.10. The van der Waals surface area contributed by atoms with Gasteiger partial charge in [-0.25, -0.2) is 0 Å². The highest BCUT2D eigenvalue weighted by atomic mass is 16.3. The first-order chi connectivity index (χ1) is 6.72. The molecular weight excluding hydrogens is 176 g/mol. The van der Waals surface area contributed by atoms with Gasteiger partial charge in [0.2, 0.25) is 0 Å². The van der Waals surface area contributed by atoms with E-state index >= 15 is 0 Å². The second-order valence-electron chi connectivity index (χ2n) is 3.49. The van der Waals surface area contributed by atoms with Gasteiger partial charge in [0.1, 0.15) is 5.75 Å². The highest BCUT2D eigenvalue weighted by molar-refractivity contribution is 5.82. The van der Waals surface area contributed by atoms with Crippen LogP contribution >= 0.6 is 0 Å². The Morgan fingerprint density at radius 3 is 3.00 bits per heavy atom. The fraction of sp³-hybridized carbons (Fsp3) is 0.273. The smallest absolute Gasteiger partial charge is 0.121 e. The molecule has 0 bridgehead atoms. The van der Waals surface area contributed by atoms with Crippen LogP contribution in [0.4, 0.5) is 0 Å². The van der Waals surface area contributed by atoms with Crippen LogP contribution in [0.3, 0.4) is 0 Å². The third kappa shape index (κ3) is 1.36. The van der Waals surface area contributed by atoms with Gasteiger partial charge in [0, 0.05) is 28.7 Å². The second-order valence-corrected chi connectivity index (χ2v) is 3.49. The summed E-state index contributed by atoms with van der Waals surface area (Å²) in [7, 11) is 0. The lowest BCUT2D eigenvalue weighted by Gasteiger charge is -2.11. The standard InChI is InChI=1S/C11H14N2O/c1-2-9(12)8-6-10-7(3-4-13-10)5-11(8)14/h3-6,9,13-14H,2,12H2,1H3. The van der Waals surface area contributed by atoms with Crippen LogP contribution in [-0.4, -0.2) is 10.1 Å². The molecule has 4 N–H and O–H groups in total. The number of phenols is 1. The molecule has 0 aliphatic carbocycles. The molecule has 1 unspecified atom stereocenters. The first kappa shape index (κ1) is 9.09. The molecule has 0 radical (unpaired) electrons. The summed E-state index contributed by atoms with van der Waals surface area (Å²) < 4.78 is 0. The van der Waals surface area contributed by atoms with E-state index in [0.29, 0.717) is 0 Å². The molecule has 1 aromatic carbocycles. The number of aromatic amines is 1. The number of rotatable bonds is 2. The number of benzene rings is 1. The molecule has 0 spiro atoms. The van der Waals surface area contributed by atoms with Gasteiger partial charge in [-0.2, -0.15) is 0 Å². The SMILES string of the molecule is CCC(N)c1cc2[nH]ccc2cc1O. The lowest BCUT2D eigenvalue weighted by Crippen LogP contribution is -2.08. The van der Waals surface area contributed by atoms with Gasteiger partial charge in [-0.3, -0.25) is 0 Å². The Morgan fingerprint density at radius 2 is 2.29 bits per heavy atom. The molecular formula is C11H14N2O. The van der Waals surface area contributed by atoms with Crippen LogP contribution in [-0.2, 0) is 0 Å². The molecule has 0 aliphatic heterocycles.